The summed E-state index contributed by atoms with van der Waals surface area (Å²) < 4.78 is 0. The van der Waals surface area contributed by atoms with Gasteiger partial charge in [0.05, 0.1) is 6.42 Å². The van der Waals surface area contributed by atoms with Gasteiger partial charge < -0.3 is 15.1 Å². The molecular weight excluding hydrogens is 464 g/mol. The van der Waals surface area contributed by atoms with E-state index in [2.05, 4.69) is 15.9 Å². The van der Waals surface area contributed by atoms with E-state index in [0.29, 0.717) is 36.1 Å². The zero-order valence-corrected chi connectivity index (χ0v) is 22.5. The first-order valence-corrected chi connectivity index (χ1v) is 14.9. The second-order valence-electron chi connectivity index (χ2n) is 12.7. The number of aliphatic carboxylic acids is 1. The SMILES string of the molecule is O=C(O)CC1(CC(=O)N(CCN2[C@@H]3CC[C@H]2C[C@@H](c2cccc(O)c2)C3)CC2CCCCC2)CCCC1. The summed E-state index contributed by atoms with van der Waals surface area (Å²) >= 11 is 0. The molecule has 1 aromatic rings. The minimum absolute atomic E-state index is 0.128. The number of phenolic OH excluding ortho intramolecular Hbond substituents is 1. The van der Waals surface area contributed by atoms with E-state index in [-0.39, 0.29) is 17.7 Å². The normalized spacial score (nSPS) is 27.8. The summed E-state index contributed by atoms with van der Waals surface area (Å²) in [6.07, 6.45) is 15.3. The van der Waals surface area contributed by atoms with Gasteiger partial charge in [-0.25, -0.2) is 0 Å². The van der Waals surface area contributed by atoms with Crippen LogP contribution < -0.4 is 0 Å². The topological polar surface area (TPSA) is 81.1 Å². The number of benzene rings is 1. The van der Waals surface area contributed by atoms with E-state index >= 15 is 0 Å². The molecule has 3 atom stereocenters. The number of piperidine rings is 1. The molecule has 4 aliphatic rings. The van der Waals surface area contributed by atoms with Crippen molar-refractivity contribution in [3.8, 4) is 5.75 Å². The second kappa shape index (κ2) is 11.8. The molecule has 2 bridgehead atoms. The molecule has 4 fully saturated rings. The van der Waals surface area contributed by atoms with Crippen molar-refractivity contribution in [1.29, 1.82) is 0 Å². The monoisotopic (exact) mass is 510 g/mol. The Labute approximate surface area is 222 Å². The molecule has 0 spiro atoms. The van der Waals surface area contributed by atoms with Crippen LogP contribution in [0.4, 0.5) is 0 Å². The lowest BCUT2D eigenvalue weighted by atomic mass is 9.79. The molecule has 204 valence electrons. The Hall–Kier alpha value is -2.08. The van der Waals surface area contributed by atoms with Gasteiger partial charge in [-0.1, -0.05) is 44.2 Å². The predicted octanol–water partition coefficient (Wildman–Crippen LogP) is 5.94. The Kier molecular flexibility index (Phi) is 8.43. The van der Waals surface area contributed by atoms with Crippen molar-refractivity contribution in [2.24, 2.45) is 11.3 Å². The Morgan fingerprint density at radius 3 is 2.30 bits per heavy atom. The molecule has 1 aromatic carbocycles. The fourth-order valence-corrected chi connectivity index (χ4v) is 8.22. The van der Waals surface area contributed by atoms with Crippen LogP contribution in [-0.4, -0.2) is 63.6 Å². The molecule has 0 unspecified atom stereocenters. The van der Waals surface area contributed by atoms with E-state index < -0.39 is 5.97 Å². The average molecular weight is 511 g/mol. The van der Waals surface area contributed by atoms with Crippen LogP contribution >= 0.6 is 0 Å². The summed E-state index contributed by atoms with van der Waals surface area (Å²) in [5.41, 5.74) is 0.915. The molecule has 2 N–H and O–H groups in total. The van der Waals surface area contributed by atoms with Gasteiger partial charge in [0.15, 0.2) is 0 Å². The van der Waals surface area contributed by atoms with Gasteiger partial charge in [-0.2, -0.15) is 0 Å². The van der Waals surface area contributed by atoms with Gasteiger partial charge in [-0.15, -0.1) is 0 Å². The summed E-state index contributed by atoms with van der Waals surface area (Å²) in [5.74, 6) is 0.867. The summed E-state index contributed by atoms with van der Waals surface area (Å²) in [5, 5.41) is 19.5. The van der Waals surface area contributed by atoms with Gasteiger partial charge in [-0.3, -0.25) is 14.5 Å². The van der Waals surface area contributed by atoms with Crippen molar-refractivity contribution in [3.63, 3.8) is 0 Å². The molecule has 0 aromatic heterocycles. The van der Waals surface area contributed by atoms with Crippen molar-refractivity contribution in [2.45, 2.75) is 114 Å². The highest BCUT2D eigenvalue weighted by Crippen LogP contribution is 2.45. The third-order valence-corrected chi connectivity index (χ3v) is 10.1. The third-order valence-electron chi connectivity index (χ3n) is 10.1. The molecule has 2 saturated heterocycles. The maximum Gasteiger partial charge on any atom is 0.303 e. The van der Waals surface area contributed by atoms with Gasteiger partial charge >= 0.3 is 5.97 Å². The lowest BCUT2D eigenvalue weighted by Gasteiger charge is -2.41. The lowest BCUT2D eigenvalue weighted by molar-refractivity contribution is -0.141. The summed E-state index contributed by atoms with van der Waals surface area (Å²) in [6.45, 7) is 2.53. The molecule has 2 saturated carbocycles. The van der Waals surface area contributed by atoms with Gasteiger partial charge in [0.1, 0.15) is 5.75 Å². The largest absolute Gasteiger partial charge is 0.508 e. The van der Waals surface area contributed by atoms with Crippen molar-refractivity contribution in [1.82, 2.24) is 9.80 Å². The van der Waals surface area contributed by atoms with Crippen LogP contribution in [0.25, 0.3) is 0 Å². The number of carboxylic acids is 1. The van der Waals surface area contributed by atoms with Crippen LogP contribution in [0, 0.1) is 11.3 Å². The number of hydrogen-bond acceptors (Lipinski definition) is 4. The minimum atomic E-state index is -0.764. The van der Waals surface area contributed by atoms with E-state index in [9.17, 15) is 19.8 Å². The Morgan fingerprint density at radius 1 is 0.946 bits per heavy atom. The smallest absolute Gasteiger partial charge is 0.303 e. The highest BCUT2D eigenvalue weighted by Gasteiger charge is 2.42. The number of rotatable bonds is 10. The van der Waals surface area contributed by atoms with Crippen LogP contribution in [0.5, 0.6) is 5.75 Å². The summed E-state index contributed by atoms with van der Waals surface area (Å²) in [6, 6.07) is 8.88. The summed E-state index contributed by atoms with van der Waals surface area (Å²) in [7, 11) is 0. The Morgan fingerprint density at radius 2 is 1.65 bits per heavy atom. The lowest BCUT2D eigenvalue weighted by Crippen LogP contribution is -2.48. The van der Waals surface area contributed by atoms with Crippen LogP contribution in [0.15, 0.2) is 24.3 Å². The number of hydrogen-bond donors (Lipinski definition) is 2. The van der Waals surface area contributed by atoms with Gasteiger partial charge in [0.2, 0.25) is 5.91 Å². The fourth-order valence-electron chi connectivity index (χ4n) is 8.22. The maximum absolute atomic E-state index is 13.8. The number of carbonyl (C=O) groups is 2. The molecule has 2 aliphatic carbocycles. The zero-order chi connectivity index (χ0) is 25.8. The first-order valence-electron chi connectivity index (χ1n) is 14.9. The summed E-state index contributed by atoms with van der Waals surface area (Å²) in [4.78, 5) is 30.2. The van der Waals surface area contributed by atoms with E-state index in [1.807, 2.05) is 12.1 Å². The first kappa shape index (κ1) is 26.5. The molecule has 2 aliphatic heterocycles. The Bertz CT molecular complexity index is 923. The van der Waals surface area contributed by atoms with Crippen LogP contribution in [0.1, 0.15) is 108 Å². The molecule has 5 rings (SSSR count). The van der Waals surface area contributed by atoms with E-state index in [0.717, 1.165) is 58.2 Å². The number of carbonyl (C=O) groups excluding carboxylic acids is 1. The molecule has 1 amide bonds. The van der Waals surface area contributed by atoms with Crippen LogP contribution in [0.3, 0.4) is 0 Å². The molecule has 37 heavy (non-hydrogen) atoms. The standard InChI is InChI=1S/C31H46N2O4/c34-28-10-6-9-24(19-28)25-17-26-11-12-27(18-25)33(26)16-15-32(22-23-7-2-1-3-8-23)29(35)20-31(21-30(36)37)13-4-5-14-31/h6,9-10,19,23,25-27,34H,1-5,7-8,11-18,20-22H2,(H,36,37)/t25-,26+,27-. The third kappa shape index (κ3) is 6.50. The van der Waals surface area contributed by atoms with E-state index in [1.54, 1.807) is 6.07 Å². The Balaban J connectivity index is 1.24. The van der Waals surface area contributed by atoms with E-state index in [4.69, 9.17) is 0 Å². The average Bonchev–Trinajstić information content (AvgIpc) is 3.41. The first-order chi connectivity index (χ1) is 17.9. The number of aromatic hydroxyl groups is 1. The highest BCUT2D eigenvalue weighted by atomic mass is 16.4. The molecular formula is C31H46N2O4. The van der Waals surface area contributed by atoms with Gasteiger partial charge in [0.25, 0.3) is 0 Å². The molecule has 6 heteroatoms. The quantitative estimate of drug-likeness (QED) is 0.407. The van der Waals surface area contributed by atoms with Gasteiger partial charge in [0, 0.05) is 38.1 Å². The van der Waals surface area contributed by atoms with Crippen molar-refractivity contribution in [3.05, 3.63) is 29.8 Å². The molecule has 2 heterocycles. The second-order valence-corrected chi connectivity index (χ2v) is 12.7. The predicted molar refractivity (Wildman–Crippen MR) is 145 cm³/mol. The number of phenols is 1. The van der Waals surface area contributed by atoms with Crippen molar-refractivity contribution < 1.29 is 19.8 Å². The number of nitrogens with zero attached hydrogens (tertiary/aromatic N) is 2. The van der Waals surface area contributed by atoms with E-state index in [1.165, 1.54) is 50.5 Å². The van der Waals surface area contributed by atoms with Crippen LogP contribution in [-0.2, 0) is 9.59 Å². The fraction of sp³-hybridized carbons (Fsp3) is 0.742. The highest BCUT2D eigenvalue weighted by molar-refractivity contribution is 5.78. The van der Waals surface area contributed by atoms with Crippen molar-refractivity contribution in [2.75, 3.05) is 19.6 Å². The molecule has 0 radical (unpaired) electrons. The van der Waals surface area contributed by atoms with Gasteiger partial charge in [-0.05, 0) is 86.3 Å². The van der Waals surface area contributed by atoms with Crippen LogP contribution in [0.2, 0.25) is 0 Å². The number of carboxylic acid groups (broad SMARTS) is 1. The number of fused-ring (bicyclic) bond motifs is 2. The molecule has 6 nitrogen and oxygen atoms in total. The van der Waals surface area contributed by atoms with Crippen molar-refractivity contribution >= 4 is 11.9 Å². The minimum Gasteiger partial charge on any atom is -0.508 e. The zero-order valence-electron chi connectivity index (χ0n) is 22.5. The maximum atomic E-state index is 13.8. The number of amides is 1.